The molecule has 4 aliphatic rings. The number of ketones is 1. The van der Waals surface area contributed by atoms with Crippen molar-refractivity contribution in [2.45, 2.75) is 92.4 Å². The second-order valence-electron chi connectivity index (χ2n) is 14.1. The molecule has 4 fully saturated rings. The molecule has 0 aliphatic heterocycles. The smallest absolute Gasteiger partial charge is 0.159 e. The first-order valence-corrected chi connectivity index (χ1v) is 15.9. The molecule has 227 valence electrons. The molecule has 1 N–H and O–H groups in total. The molecule has 2 aromatic carbocycles. The Morgan fingerprint density at radius 2 is 1.52 bits per heavy atom. The van der Waals surface area contributed by atoms with Gasteiger partial charge in [-0.2, -0.15) is 0 Å². The summed E-state index contributed by atoms with van der Waals surface area (Å²) in [7, 11) is 0. The minimum absolute atomic E-state index is 0. The van der Waals surface area contributed by atoms with Crippen LogP contribution >= 0.6 is 0 Å². The fourth-order valence-corrected chi connectivity index (χ4v) is 8.28. The molecule has 0 atom stereocenters. The van der Waals surface area contributed by atoms with Crippen molar-refractivity contribution in [2.75, 3.05) is 0 Å². The molecular formula is C38H48IrNO2-. The van der Waals surface area contributed by atoms with Gasteiger partial charge in [0.05, 0.1) is 5.76 Å². The Labute approximate surface area is 267 Å². The van der Waals surface area contributed by atoms with E-state index in [1.165, 1.54) is 65.6 Å². The fraction of sp³-hybridized carbons (Fsp3) is 0.526. The van der Waals surface area contributed by atoms with Crippen LogP contribution in [0.2, 0.25) is 0 Å². The van der Waals surface area contributed by atoms with Crippen LogP contribution in [0.3, 0.4) is 0 Å². The van der Waals surface area contributed by atoms with Gasteiger partial charge in [-0.15, -0.1) is 34.9 Å². The third-order valence-electron chi connectivity index (χ3n) is 9.37. The Morgan fingerprint density at radius 3 is 2.10 bits per heavy atom. The monoisotopic (exact) mass is 743 g/mol. The van der Waals surface area contributed by atoms with Gasteiger partial charge in [-0.1, -0.05) is 65.8 Å². The molecule has 7 rings (SSSR count). The van der Waals surface area contributed by atoms with E-state index in [9.17, 15) is 9.90 Å². The van der Waals surface area contributed by atoms with Crippen LogP contribution in [0.15, 0.2) is 54.4 Å². The first-order chi connectivity index (χ1) is 19.6. The standard InChI is InChI=1S/C27H28N.C11H20O2.Ir/c1-16-7-17(2)9-22(8-16)27-24-6-4-3-5-23(24)25(15-28-27)26-20-11-18-10-19(13-20)14-21(26)12-18;1-8(2)5-10(12)7-11(13)6-9(3)4;/h3-8,15,18-21,26H,10-14H2,1-2H3;7-9,12H,5-6H2,1-4H3;/q-1;;/b;10-7-;. The average molecular weight is 743 g/mol. The molecule has 4 bridgehead atoms. The predicted molar refractivity (Wildman–Crippen MR) is 170 cm³/mol. The maximum atomic E-state index is 11.2. The van der Waals surface area contributed by atoms with E-state index in [2.05, 4.69) is 62.5 Å². The van der Waals surface area contributed by atoms with E-state index in [0.29, 0.717) is 24.7 Å². The van der Waals surface area contributed by atoms with E-state index in [4.69, 9.17) is 4.98 Å². The van der Waals surface area contributed by atoms with Crippen LogP contribution in [0.4, 0.5) is 0 Å². The zero-order valence-corrected chi connectivity index (χ0v) is 28.6. The van der Waals surface area contributed by atoms with E-state index >= 15 is 0 Å². The minimum atomic E-state index is 0. The number of benzene rings is 2. The average Bonchev–Trinajstić information content (AvgIpc) is 2.87. The van der Waals surface area contributed by atoms with Gasteiger partial charge in [-0.25, -0.2) is 0 Å². The largest absolute Gasteiger partial charge is 0.512 e. The van der Waals surface area contributed by atoms with Crippen LogP contribution in [0, 0.1) is 55.4 Å². The summed E-state index contributed by atoms with van der Waals surface area (Å²) < 4.78 is 0. The number of aryl methyl sites for hydroxylation is 2. The SMILES string of the molecule is CC(C)CC(=O)/C=C(\O)CC(C)C.Cc1[c-]c(-c2ncc(C3C4CC5CC(C4)CC3C5)c3ccccc23)cc(C)c1.[Ir]. The predicted octanol–water partition coefficient (Wildman–Crippen LogP) is 9.95. The zero-order chi connectivity index (χ0) is 29.3. The van der Waals surface area contributed by atoms with Crippen molar-refractivity contribution in [1.29, 1.82) is 0 Å². The summed E-state index contributed by atoms with van der Waals surface area (Å²) in [6, 6.07) is 16.9. The quantitative estimate of drug-likeness (QED) is 0.149. The number of aliphatic hydroxyl groups is 1. The molecule has 4 heteroatoms. The summed E-state index contributed by atoms with van der Waals surface area (Å²) >= 11 is 0. The third kappa shape index (κ3) is 7.61. The van der Waals surface area contributed by atoms with Gasteiger partial charge in [-0.3, -0.25) is 4.79 Å². The van der Waals surface area contributed by atoms with Gasteiger partial charge in [0, 0.05) is 45.2 Å². The van der Waals surface area contributed by atoms with Crippen molar-refractivity contribution >= 4 is 16.6 Å². The van der Waals surface area contributed by atoms with Crippen molar-refractivity contribution < 1.29 is 30.0 Å². The maximum absolute atomic E-state index is 11.2. The molecule has 0 spiro atoms. The number of aliphatic hydroxyl groups excluding tert-OH is 1. The molecule has 42 heavy (non-hydrogen) atoms. The Bertz CT molecular complexity index is 1370. The van der Waals surface area contributed by atoms with Gasteiger partial charge in [0.2, 0.25) is 0 Å². The normalized spacial score (nSPS) is 24.5. The summed E-state index contributed by atoms with van der Waals surface area (Å²) in [6.07, 6.45) is 12.0. The van der Waals surface area contributed by atoms with Crippen molar-refractivity contribution in [2.24, 2.45) is 35.5 Å². The Kier molecular flexibility index (Phi) is 10.9. The topological polar surface area (TPSA) is 50.2 Å². The molecule has 1 aromatic heterocycles. The van der Waals surface area contributed by atoms with E-state index in [0.717, 1.165) is 40.8 Å². The summed E-state index contributed by atoms with van der Waals surface area (Å²) in [4.78, 5) is 16.3. The van der Waals surface area contributed by atoms with Crippen LogP contribution in [0.5, 0.6) is 0 Å². The van der Waals surface area contributed by atoms with Crippen LogP contribution in [0.25, 0.3) is 22.0 Å². The first kappa shape index (κ1) is 32.6. The minimum Gasteiger partial charge on any atom is -0.512 e. The van der Waals surface area contributed by atoms with Crippen molar-refractivity contribution in [3.05, 3.63) is 77.2 Å². The number of carbonyl (C=O) groups is 1. The number of hydrogen-bond donors (Lipinski definition) is 1. The van der Waals surface area contributed by atoms with Crippen molar-refractivity contribution in [3.8, 4) is 11.3 Å². The molecule has 3 nitrogen and oxygen atoms in total. The zero-order valence-electron chi connectivity index (χ0n) is 26.2. The molecule has 1 radical (unpaired) electrons. The van der Waals surface area contributed by atoms with E-state index in [1.807, 2.05) is 27.7 Å². The third-order valence-corrected chi connectivity index (χ3v) is 9.37. The van der Waals surface area contributed by atoms with Crippen LogP contribution in [-0.4, -0.2) is 15.9 Å². The molecule has 0 saturated heterocycles. The maximum Gasteiger partial charge on any atom is 0.159 e. The fourth-order valence-electron chi connectivity index (χ4n) is 8.28. The van der Waals surface area contributed by atoms with Gasteiger partial charge in [0.1, 0.15) is 0 Å². The number of carbonyl (C=O) groups excluding carboxylic acids is 1. The Morgan fingerprint density at radius 1 is 0.929 bits per heavy atom. The van der Waals surface area contributed by atoms with Gasteiger partial charge < -0.3 is 10.1 Å². The van der Waals surface area contributed by atoms with E-state index < -0.39 is 0 Å². The van der Waals surface area contributed by atoms with Crippen LogP contribution in [-0.2, 0) is 24.9 Å². The Hall–Kier alpha value is -2.29. The number of pyridine rings is 1. The van der Waals surface area contributed by atoms with E-state index in [1.54, 1.807) is 0 Å². The second kappa shape index (κ2) is 14.0. The molecule has 0 unspecified atom stereocenters. The summed E-state index contributed by atoms with van der Waals surface area (Å²) in [5.74, 6) is 5.51. The number of aromatic nitrogens is 1. The van der Waals surface area contributed by atoms with Gasteiger partial charge in [0.25, 0.3) is 0 Å². The molecule has 4 aliphatic carbocycles. The molecule has 1 heterocycles. The summed E-state index contributed by atoms with van der Waals surface area (Å²) in [5, 5.41) is 12.1. The Balaban J connectivity index is 0.000000249. The van der Waals surface area contributed by atoms with E-state index in [-0.39, 0.29) is 31.6 Å². The molecular weight excluding hydrogens is 695 g/mol. The number of nitrogens with zero attached hydrogens (tertiary/aromatic N) is 1. The van der Waals surface area contributed by atoms with Crippen LogP contribution < -0.4 is 0 Å². The van der Waals surface area contributed by atoms with Crippen LogP contribution in [0.1, 0.15) is 95.2 Å². The second-order valence-corrected chi connectivity index (χ2v) is 14.1. The molecule has 0 amide bonds. The number of rotatable bonds is 7. The van der Waals surface area contributed by atoms with Crippen molar-refractivity contribution in [3.63, 3.8) is 0 Å². The van der Waals surface area contributed by atoms with Gasteiger partial charge >= 0.3 is 0 Å². The first-order valence-electron chi connectivity index (χ1n) is 15.9. The van der Waals surface area contributed by atoms with Gasteiger partial charge in [-0.05, 0) is 95.6 Å². The number of allylic oxidation sites excluding steroid dienone is 2. The summed E-state index contributed by atoms with van der Waals surface area (Å²) in [6.45, 7) is 12.3. The van der Waals surface area contributed by atoms with Crippen molar-refractivity contribution in [1.82, 2.24) is 4.98 Å². The number of hydrogen-bond acceptors (Lipinski definition) is 3. The molecule has 3 aromatic rings. The summed E-state index contributed by atoms with van der Waals surface area (Å²) in [5.41, 5.74) is 6.21. The molecule has 4 saturated carbocycles. The van der Waals surface area contributed by atoms with Gasteiger partial charge in [0.15, 0.2) is 5.78 Å². The number of fused-ring (bicyclic) bond motifs is 1.